The van der Waals surface area contributed by atoms with Gasteiger partial charge in [-0.3, -0.25) is 4.79 Å². The number of carbonyl (C=O) groups excluding carboxylic acids is 1. The number of hydrogen-bond acceptors (Lipinski definition) is 6. The van der Waals surface area contributed by atoms with Crippen LogP contribution in [0, 0.1) is 13.8 Å². The van der Waals surface area contributed by atoms with E-state index in [2.05, 4.69) is 48.4 Å². The van der Waals surface area contributed by atoms with Crippen LogP contribution in [0.25, 0.3) is 5.69 Å². The van der Waals surface area contributed by atoms with Crippen LogP contribution in [0.3, 0.4) is 0 Å². The lowest BCUT2D eigenvalue weighted by Gasteiger charge is -2.39. The van der Waals surface area contributed by atoms with E-state index in [9.17, 15) is 4.79 Å². The zero-order chi connectivity index (χ0) is 22.0. The molecule has 2 aromatic carbocycles. The summed E-state index contributed by atoms with van der Waals surface area (Å²) in [5.74, 6) is 2.90. The Labute approximate surface area is 186 Å². The van der Waals surface area contributed by atoms with Crippen LogP contribution < -0.4 is 4.74 Å². The maximum Gasteiger partial charge on any atom is 0.233 e. The maximum absolute atomic E-state index is 13.2. The van der Waals surface area contributed by atoms with Crippen molar-refractivity contribution in [2.45, 2.75) is 39.3 Å². The lowest BCUT2D eigenvalue weighted by Crippen LogP contribution is -2.48. The first kappa shape index (κ1) is 21.4. The summed E-state index contributed by atoms with van der Waals surface area (Å²) in [7, 11) is 1.65. The molecule has 0 aliphatic carbocycles. The lowest BCUT2D eigenvalue weighted by molar-refractivity contribution is -0.135. The Morgan fingerprint density at radius 2 is 1.84 bits per heavy atom. The van der Waals surface area contributed by atoms with Crippen LogP contribution in [0.2, 0.25) is 0 Å². The third-order valence-electron chi connectivity index (χ3n) is 5.96. The molecule has 1 fully saturated rings. The number of nitrogens with zero attached hydrogens (tertiary/aromatic N) is 5. The van der Waals surface area contributed by atoms with Crippen molar-refractivity contribution >= 4 is 17.7 Å². The van der Waals surface area contributed by atoms with Crippen LogP contribution in [0.4, 0.5) is 0 Å². The third-order valence-corrected chi connectivity index (χ3v) is 6.90. The summed E-state index contributed by atoms with van der Waals surface area (Å²) in [4.78, 5) is 15.2. The number of tetrazole rings is 1. The number of aromatic nitrogens is 4. The van der Waals surface area contributed by atoms with Gasteiger partial charge in [-0.25, -0.2) is 0 Å². The Kier molecular flexibility index (Phi) is 6.00. The molecule has 8 heteroatoms. The van der Waals surface area contributed by atoms with Crippen LogP contribution >= 0.6 is 11.8 Å². The molecule has 0 bridgehead atoms. The molecule has 0 spiro atoms. The average Bonchev–Trinajstić information content (AvgIpc) is 3.20. The van der Waals surface area contributed by atoms with Gasteiger partial charge >= 0.3 is 0 Å². The molecule has 0 radical (unpaired) electrons. The summed E-state index contributed by atoms with van der Waals surface area (Å²) in [6.07, 6.45) is 0.769. The van der Waals surface area contributed by atoms with E-state index in [4.69, 9.17) is 4.74 Å². The predicted octanol–water partition coefficient (Wildman–Crippen LogP) is 3.67. The van der Waals surface area contributed by atoms with E-state index in [1.807, 2.05) is 39.9 Å². The second-order valence-electron chi connectivity index (χ2n) is 8.06. The second-order valence-corrected chi connectivity index (χ2v) is 9.16. The molecule has 7 nitrogen and oxygen atoms in total. The highest BCUT2D eigenvalue weighted by Gasteiger charge is 2.43. The Morgan fingerprint density at radius 3 is 2.52 bits per heavy atom. The number of para-hydroxylation sites is 1. The van der Waals surface area contributed by atoms with Gasteiger partial charge in [-0.2, -0.15) is 16.4 Å². The molecular formula is C23H27N5O2S. The predicted molar refractivity (Wildman–Crippen MR) is 121 cm³/mol. The van der Waals surface area contributed by atoms with Gasteiger partial charge in [0.15, 0.2) is 5.82 Å². The highest BCUT2D eigenvalue weighted by molar-refractivity contribution is 7.99. The van der Waals surface area contributed by atoms with E-state index in [1.54, 1.807) is 18.9 Å². The fraction of sp³-hybridized carbons (Fsp3) is 0.391. The second kappa shape index (κ2) is 8.70. The fourth-order valence-electron chi connectivity index (χ4n) is 4.14. The zero-order valence-corrected chi connectivity index (χ0v) is 19.1. The molecule has 2 heterocycles. The van der Waals surface area contributed by atoms with Crippen molar-refractivity contribution in [3.63, 3.8) is 0 Å². The standard InChI is InChI=1S/C23H27N5O2S/c1-16-6-5-7-17(2)21(16)28-22(24-25-26-28)23(3)12-13-31-15-20(29)27(23)14-18-8-10-19(30-4)11-9-18/h5-11H,12-15H2,1-4H3. The molecule has 0 saturated carbocycles. The van der Waals surface area contributed by atoms with Crippen molar-refractivity contribution in [2.75, 3.05) is 18.6 Å². The molecule has 3 aromatic rings. The minimum atomic E-state index is -0.640. The number of amides is 1. The van der Waals surface area contributed by atoms with Crippen LogP contribution in [0.15, 0.2) is 42.5 Å². The van der Waals surface area contributed by atoms with Crippen LogP contribution in [-0.4, -0.2) is 49.6 Å². The number of carbonyl (C=O) groups is 1. The van der Waals surface area contributed by atoms with Crippen LogP contribution in [0.5, 0.6) is 5.75 Å². The summed E-state index contributed by atoms with van der Waals surface area (Å²) in [6, 6.07) is 14.0. The van der Waals surface area contributed by atoms with Gasteiger partial charge in [0.05, 0.1) is 18.6 Å². The van der Waals surface area contributed by atoms with E-state index in [1.165, 1.54) is 0 Å². The van der Waals surface area contributed by atoms with E-state index >= 15 is 0 Å². The number of ether oxygens (including phenoxy) is 1. The number of aryl methyl sites for hydroxylation is 2. The molecule has 162 valence electrons. The largest absolute Gasteiger partial charge is 0.497 e. The van der Waals surface area contributed by atoms with E-state index in [0.29, 0.717) is 18.1 Å². The van der Waals surface area contributed by atoms with E-state index < -0.39 is 5.54 Å². The Balaban J connectivity index is 1.79. The molecule has 1 aromatic heterocycles. The van der Waals surface area contributed by atoms with Crippen molar-refractivity contribution in [2.24, 2.45) is 0 Å². The summed E-state index contributed by atoms with van der Waals surface area (Å²) in [5.41, 5.74) is 3.55. The molecule has 1 atom stereocenters. The smallest absolute Gasteiger partial charge is 0.233 e. The number of benzene rings is 2. The van der Waals surface area contributed by atoms with Gasteiger partial charge in [-0.1, -0.05) is 30.3 Å². The normalized spacial score (nSPS) is 19.4. The maximum atomic E-state index is 13.2. The summed E-state index contributed by atoms with van der Waals surface area (Å²) >= 11 is 1.66. The van der Waals surface area contributed by atoms with Gasteiger partial charge in [0.2, 0.25) is 5.91 Å². The minimum absolute atomic E-state index is 0.0943. The average molecular weight is 438 g/mol. The van der Waals surface area contributed by atoms with Gasteiger partial charge < -0.3 is 9.64 Å². The molecule has 1 aliphatic heterocycles. The molecule has 1 aliphatic rings. The summed E-state index contributed by atoms with van der Waals surface area (Å²) in [5, 5.41) is 12.8. The van der Waals surface area contributed by atoms with Gasteiger partial charge in [-0.05, 0) is 72.2 Å². The lowest BCUT2D eigenvalue weighted by atomic mass is 9.93. The van der Waals surface area contributed by atoms with Gasteiger partial charge in [0.1, 0.15) is 11.3 Å². The quantitative estimate of drug-likeness (QED) is 0.606. The van der Waals surface area contributed by atoms with Crippen molar-refractivity contribution in [1.82, 2.24) is 25.1 Å². The van der Waals surface area contributed by atoms with Gasteiger partial charge in [0, 0.05) is 6.54 Å². The molecule has 1 saturated heterocycles. The monoisotopic (exact) mass is 437 g/mol. The zero-order valence-electron chi connectivity index (χ0n) is 18.3. The Morgan fingerprint density at radius 1 is 1.13 bits per heavy atom. The first-order chi connectivity index (χ1) is 14.9. The minimum Gasteiger partial charge on any atom is -0.497 e. The van der Waals surface area contributed by atoms with Crippen molar-refractivity contribution in [1.29, 1.82) is 0 Å². The molecular weight excluding hydrogens is 410 g/mol. The number of methoxy groups -OCH3 is 1. The van der Waals surface area contributed by atoms with Crippen molar-refractivity contribution in [3.8, 4) is 11.4 Å². The molecule has 1 amide bonds. The number of rotatable bonds is 5. The molecule has 31 heavy (non-hydrogen) atoms. The van der Waals surface area contributed by atoms with Gasteiger partial charge in [0.25, 0.3) is 0 Å². The number of hydrogen-bond donors (Lipinski definition) is 0. The van der Waals surface area contributed by atoms with E-state index in [-0.39, 0.29) is 5.91 Å². The highest BCUT2D eigenvalue weighted by atomic mass is 32.2. The van der Waals surface area contributed by atoms with Gasteiger partial charge in [-0.15, -0.1) is 5.10 Å². The molecule has 0 N–H and O–H groups in total. The Hall–Kier alpha value is -2.87. The first-order valence-corrected chi connectivity index (χ1v) is 11.5. The molecule has 4 rings (SSSR count). The topological polar surface area (TPSA) is 73.1 Å². The van der Waals surface area contributed by atoms with Crippen LogP contribution in [-0.2, 0) is 16.9 Å². The third kappa shape index (κ3) is 4.04. The van der Waals surface area contributed by atoms with Crippen LogP contribution in [0.1, 0.15) is 35.9 Å². The molecule has 1 unspecified atom stereocenters. The highest BCUT2D eigenvalue weighted by Crippen LogP contribution is 2.37. The van der Waals surface area contributed by atoms with E-state index in [0.717, 1.165) is 40.3 Å². The summed E-state index contributed by atoms with van der Waals surface area (Å²) in [6.45, 7) is 6.67. The first-order valence-electron chi connectivity index (χ1n) is 10.3. The van der Waals surface area contributed by atoms with Crippen molar-refractivity contribution < 1.29 is 9.53 Å². The SMILES string of the molecule is COc1ccc(CN2C(=O)CSCCC2(C)c2nnnn2-c2c(C)cccc2C)cc1. The Bertz CT molecular complexity index is 1060. The fourth-order valence-corrected chi connectivity index (χ4v) is 5.16. The summed E-state index contributed by atoms with van der Waals surface area (Å²) < 4.78 is 7.09. The number of thioether (sulfide) groups is 1. The van der Waals surface area contributed by atoms with Crippen molar-refractivity contribution in [3.05, 3.63) is 65.0 Å².